The Morgan fingerprint density at radius 2 is 1.12 bits per heavy atom. The van der Waals surface area contributed by atoms with Crippen LogP contribution < -0.4 is 10.9 Å². The number of nitrogens with zero attached hydrogens (tertiary/aromatic N) is 5. The van der Waals surface area contributed by atoms with Gasteiger partial charge in [-0.3, -0.25) is 24.5 Å². The van der Waals surface area contributed by atoms with Gasteiger partial charge in [0.1, 0.15) is 6.07 Å². The number of aromatic amines is 2. The van der Waals surface area contributed by atoms with Gasteiger partial charge >= 0.3 is 0 Å². The summed E-state index contributed by atoms with van der Waals surface area (Å²) >= 11 is 0. The molecular weight excluding hydrogens is 751 g/mol. The maximum atomic E-state index is 12.9. The van der Waals surface area contributed by atoms with Gasteiger partial charge < -0.3 is 19.4 Å². The van der Waals surface area contributed by atoms with Crippen LogP contribution in [0.5, 0.6) is 0 Å². The monoisotopic (exact) mass is 807 g/mol. The van der Waals surface area contributed by atoms with Crippen LogP contribution in [0.25, 0.3) is 44.3 Å². The number of rotatable bonds is 6. The van der Waals surface area contributed by atoms with E-state index < -0.39 is 0 Å². The molecule has 0 atom stereocenters. The standard InChI is InChI=1S/C25H28N4O2.C24H29N3O2/c1-25(2,3)23-11-17(15-5-7-16(31-4)8-6-15)18(14-28-23)20-12-22(30)24-19(29-20)9-10-27-21(24)13-26;1-24(2,3)23-11-17(15-5-7-16(29-4)8-6-15)18(14-26-23)21-12-22(28)19-13-25-10-9-20(19)27-21/h9-12,14-16H,5-8H2,1-4H3,(H,29,30);9-16H,5-8H2,1-4H3,(H,27,28). The van der Waals surface area contributed by atoms with E-state index in [4.69, 9.17) is 19.4 Å². The topological polar surface area (TPSA) is 160 Å². The number of nitrogens with one attached hydrogen (secondary N) is 2. The highest BCUT2D eigenvalue weighted by molar-refractivity contribution is 5.85. The molecule has 60 heavy (non-hydrogen) atoms. The smallest absolute Gasteiger partial charge is 0.192 e. The van der Waals surface area contributed by atoms with Crippen LogP contribution in [-0.4, -0.2) is 56.3 Å². The Kier molecular flexibility index (Phi) is 12.5. The highest BCUT2D eigenvalue weighted by atomic mass is 16.5. The molecule has 2 fully saturated rings. The van der Waals surface area contributed by atoms with E-state index in [0.29, 0.717) is 40.3 Å². The van der Waals surface area contributed by atoms with Gasteiger partial charge in [-0.15, -0.1) is 0 Å². The first-order valence-corrected chi connectivity index (χ1v) is 21.1. The van der Waals surface area contributed by atoms with Gasteiger partial charge in [-0.2, -0.15) is 5.26 Å². The normalized spacial score (nSPS) is 19.7. The van der Waals surface area contributed by atoms with Crippen LogP contribution in [-0.2, 0) is 20.3 Å². The van der Waals surface area contributed by atoms with E-state index in [1.165, 1.54) is 11.1 Å². The molecule has 0 spiro atoms. The summed E-state index contributed by atoms with van der Waals surface area (Å²) in [6.45, 7) is 13.0. The average molecular weight is 808 g/mol. The fourth-order valence-electron chi connectivity index (χ4n) is 8.77. The van der Waals surface area contributed by atoms with Crippen molar-refractivity contribution in [3.63, 3.8) is 0 Å². The zero-order chi connectivity index (χ0) is 42.8. The minimum Gasteiger partial charge on any atom is -0.381 e. The van der Waals surface area contributed by atoms with Crippen LogP contribution in [0.1, 0.15) is 133 Å². The predicted octanol–water partition coefficient (Wildman–Crippen LogP) is 9.78. The summed E-state index contributed by atoms with van der Waals surface area (Å²) in [5, 5.41) is 10.3. The molecule has 6 heterocycles. The first kappa shape index (κ1) is 42.6. The Morgan fingerprint density at radius 1 is 0.633 bits per heavy atom. The molecule has 2 aliphatic carbocycles. The third-order valence-corrected chi connectivity index (χ3v) is 12.4. The average Bonchev–Trinajstić information content (AvgIpc) is 3.25. The molecule has 0 unspecified atom stereocenters. The third-order valence-electron chi connectivity index (χ3n) is 12.4. The van der Waals surface area contributed by atoms with Crippen molar-refractivity contribution in [3.05, 3.63) is 116 Å². The second kappa shape index (κ2) is 17.6. The molecule has 0 radical (unpaired) electrons. The molecule has 11 nitrogen and oxygen atoms in total. The highest BCUT2D eigenvalue weighted by Crippen LogP contribution is 2.41. The van der Waals surface area contributed by atoms with Gasteiger partial charge in [-0.05, 0) is 98.6 Å². The quantitative estimate of drug-likeness (QED) is 0.167. The maximum Gasteiger partial charge on any atom is 0.192 e. The van der Waals surface area contributed by atoms with Gasteiger partial charge in [0.05, 0.1) is 45.4 Å². The van der Waals surface area contributed by atoms with Crippen molar-refractivity contribution < 1.29 is 9.47 Å². The second-order valence-corrected chi connectivity index (χ2v) is 18.4. The van der Waals surface area contributed by atoms with Crippen molar-refractivity contribution in [3.8, 4) is 28.6 Å². The van der Waals surface area contributed by atoms with E-state index in [2.05, 4.69) is 73.6 Å². The first-order valence-electron chi connectivity index (χ1n) is 21.1. The van der Waals surface area contributed by atoms with Crippen LogP contribution in [0.3, 0.4) is 0 Å². The molecule has 312 valence electrons. The van der Waals surface area contributed by atoms with Crippen molar-refractivity contribution in [1.82, 2.24) is 29.9 Å². The molecular formula is C49H57N7O4. The summed E-state index contributed by atoms with van der Waals surface area (Å²) in [6, 6.07) is 13.3. The van der Waals surface area contributed by atoms with Crippen molar-refractivity contribution in [2.75, 3.05) is 14.2 Å². The molecule has 6 aromatic heterocycles. The minimum atomic E-state index is -0.206. The van der Waals surface area contributed by atoms with Gasteiger partial charge in [-0.1, -0.05) is 41.5 Å². The van der Waals surface area contributed by atoms with Crippen LogP contribution in [0, 0.1) is 11.3 Å². The van der Waals surface area contributed by atoms with Gasteiger partial charge in [0.15, 0.2) is 16.6 Å². The zero-order valence-electron chi connectivity index (χ0n) is 36.2. The lowest BCUT2D eigenvalue weighted by Gasteiger charge is -2.30. The highest BCUT2D eigenvalue weighted by Gasteiger charge is 2.29. The van der Waals surface area contributed by atoms with Gasteiger partial charge in [0.2, 0.25) is 0 Å². The molecule has 0 saturated heterocycles. The van der Waals surface area contributed by atoms with Crippen molar-refractivity contribution in [1.29, 1.82) is 5.26 Å². The molecule has 2 saturated carbocycles. The number of aromatic nitrogens is 6. The number of pyridine rings is 6. The molecule has 0 bridgehead atoms. The summed E-state index contributed by atoms with van der Waals surface area (Å²) in [5.41, 5.74) is 9.38. The molecule has 2 aliphatic rings. The van der Waals surface area contributed by atoms with Crippen molar-refractivity contribution >= 4 is 21.8 Å². The molecule has 0 aliphatic heterocycles. The lowest BCUT2D eigenvalue weighted by atomic mass is 9.79. The van der Waals surface area contributed by atoms with E-state index in [1.807, 2.05) is 24.5 Å². The van der Waals surface area contributed by atoms with E-state index in [9.17, 15) is 14.9 Å². The lowest BCUT2D eigenvalue weighted by molar-refractivity contribution is 0.0658. The van der Waals surface area contributed by atoms with Gasteiger partial charge in [0.25, 0.3) is 0 Å². The van der Waals surface area contributed by atoms with E-state index in [0.717, 1.165) is 90.8 Å². The van der Waals surface area contributed by atoms with Crippen molar-refractivity contribution in [2.24, 2.45) is 0 Å². The maximum absolute atomic E-state index is 12.9. The molecule has 2 N–H and O–H groups in total. The second-order valence-electron chi connectivity index (χ2n) is 18.4. The SMILES string of the molecule is COC1CCC(c2cc(C(C)(C)C)ncc2-c2cc(=O)c3c(C#N)nccc3[nH]2)CC1.COC1CCC(c2cc(C(C)(C)C)ncc2-c2cc(=O)c3cnccc3[nH]2)CC1. The molecule has 6 aromatic rings. The number of H-pyrrole nitrogens is 2. The zero-order valence-corrected chi connectivity index (χ0v) is 36.2. The number of methoxy groups -OCH3 is 2. The Labute approximate surface area is 352 Å². The third kappa shape index (κ3) is 9.10. The van der Waals surface area contributed by atoms with E-state index in [-0.39, 0.29) is 27.4 Å². The predicted molar refractivity (Wildman–Crippen MR) is 237 cm³/mol. The summed E-state index contributed by atoms with van der Waals surface area (Å²) in [4.78, 5) is 50.0. The van der Waals surface area contributed by atoms with E-state index >= 15 is 0 Å². The van der Waals surface area contributed by atoms with Crippen molar-refractivity contribution in [2.45, 2.75) is 128 Å². The number of hydrogen-bond donors (Lipinski definition) is 2. The van der Waals surface area contributed by atoms with Crippen LogP contribution in [0.15, 0.2) is 77.0 Å². The summed E-state index contributed by atoms with van der Waals surface area (Å²) in [5.74, 6) is 0.828. The number of nitriles is 1. The molecule has 0 aromatic carbocycles. The molecule has 0 amide bonds. The number of fused-ring (bicyclic) bond motifs is 2. The lowest BCUT2D eigenvalue weighted by Crippen LogP contribution is -2.21. The fraction of sp³-hybridized carbons (Fsp3) is 0.449. The van der Waals surface area contributed by atoms with Crippen LogP contribution in [0.2, 0.25) is 0 Å². The minimum absolute atomic E-state index is 0.0178. The Bertz CT molecular complexity index is 2650. The van der Waals surface area contributed by atoms with Crippen LogP contribution in [0.4, 0.5) is 0 Å². The molecule has 8 rings (SSSR count). The Morgan fingerprint density at radius 3 is 1.60 bits per heavy atom. The summed E-state index contributed by atoms with van der Waals surface area (Å²) in [6.07, 6.45) is 17.8. The van der Waals surface area contributed by atoms with Gasteiger partial charge in [0, 0.05) is 90.7 Å². The first-order chi connectivity index (χ1) is 28.7. The molecule has 11 heteroatoms. The van der Waals surface area contributed by atoms with E-state index in [1.54, 1.807) is 51.0 Å². The number of hydrogen-bond acceptors (Lipinski definition) is 9. The number of ether oxygens (including phenoxy) is 2. The Hall–Kier alpha value is -5.57. The Balaban J connectivity index is 0.000000182. The largest absolute Gasteiger partial charge is 0.381 e. The fourth-order valence-corrected chi connectivity index (χ4v) is 8.77. The van der Waals surface area contributed by atoms with Gasteiger partial charge in [-0.25, -0.2) is 4.98 Å². The summed E-state index contributed by atoms with van der Waals surface area (Å²) in [7, 11) is 3.58. The summed E-state index contributed by atoms with van der Waals surface area (Å²) < 4.78 is 11.1. The van der Waals surface area contributed by atoms with Crippen LogP contribution >= 0.6 is 0 Å².